The zero-order valence-electron chi connectivity index (χ0n) is 13.8. The van der Waals surface area contributed by atoms with Gasteiger partial charge in [0.25, 0.3) is 0 Å². The highest BCUT2D eigenvalue weighted by atomic mass is 16.1. The Morgan fingerprint density at radius 1 is 1.24 bits per heavy atom. The van der Waals surface area contributed by atoms with E-state index in [-0.39, 0.29) is 11.8 Å². The third-order valence-corrected chi connectivity index (χ3v) is 4.23. The zero-order valence-corrected chi connectivity index (χ0v) is 13.8. The van der Waals surface area contributed by atoms with E-state index in [2.05, 4.69) is 12.0 Å². The van der Waals surface area contributed by atoms with Crippen LogP contribution in [0.5, 0.6) is 0 Å². The van der Waals surface area contributed by atoms with Crippen LogP contribution in [0.25, 0.3) is 0 Å². The Morgan fingerprint density at radius 3 is 2.48 bits per heavy atom. The molecule has 21 heavy (non-hydrogen) atoms. The molecule has 0 saturated carbocycles. The summed E-state index contributed by atoms with van der Waals surface area (Å²) in [4.78, 5) is 12.8. The minimum absolute atomic E-state index is 0.129. The summed E-state index contributed by atoms with van der Waals surface area (Å²) in [6.45, 7) is 12.1. The fourth-order valence-electron chi connectivity index (χ4n) is 2.92. The first kappa shape index (κ1) is 15.5. The van der Waals surface area contributed by atoms with Crippen LogP contribution in [0.3, 0.4) is 0 Å². The van der Waals surface area contributed by atoms with Gasteiger partial charge in [0.1, 0.15) is 6.04 Å². The van der Waals surface area contributed by atoms with Gasteiger partial charge in [-0.3, -0.25) is 9.48 Å². The molecule has 1 aromatic heterocycles. The molecule has 2 rings (SSSR count). The topological polar surface area (TPSA) is 34.9 Å². The SMILES string of the molecule is CCc1c(C)nn(C(C)C(=O)c2cc(C)ccc2C)c1C. The molecular formula is C18H24N2O. The van der Waals surface area contributed by atoms with Crippen molar-refractivity contribution >= 4 is 5.78 Å². The average Bonchev–Trinajstić information content (AvgIpc) is 2.74. The van der Waals surface area contributed by atoms with Crippen molar-refractivity contribution in [3.8, 4) is 0 Å². The van der Waals surface area contributed by atoms with Gasteiger partial charge < -0.3 is 0 Å². The van der Waals surface area contributed by atoms with Crippen molar-refractivity contribution in [2.24, 2.45) is 0 Å². The highest BCUT2D eigenvalue weighted by Gasteiger charge is 2.22. The second-order valence-corrected chi connectivity index (χ2v) is 5.81. The van der Waals surface area contributed by atoms with Crippen molar-refractivity contribution in [2.45, 2.75) is 54.0 Å². The number of nitrogens with zero attached hydrogens (tertiary/aromatic N) is 2. The number of hydrogen-bond donors (Lipinski definition) is 0. The molecule has 0 fully saturated rings. The van der Waals surface area contributed by atoms with E-state index >= 15 is 0 Å². The van der Waals surface area contributed by atoms with E-state index in [1.807, 2.05) is 57.5 Å². The molecular weight excluding hydrogens is 260 g/mol. The molecule has 112 valence electrons. The lowest BCUT2D eigenvalue weighted by atomic mass is 9.98. The Kier molecular flexibility index (Phi) is 4.31. The molecule has 0 aliphatic heterocycles. The first-order chi connectivity index (χ1) is 9.86. The van der Waals surface area contributed by atoms with Crippen LogP contribution in [0.15, 0.2) is 18.2 Å². The Bertz CT molecular complexity index is 683. The minimum atomic E-state index is -0.274. The van der Waals surface area contributed by atoms with Crippen molar-refractivity contribution < 1.29 is 4.79 Å². The summed E-state index contributed by atoms with van der Waals surface area (Å²) in [6, 6.07) is 5.74. The van der Waals surface area contributed by atoms with Gasteiger partial charge in [0.2, 0.25) is 0 Å². The molecule has 1 atom stereocenters. The van der Waals surface area contributed by atoms with Crippen LogP contribution in [-0.2, 0) is 6.42 Å². The summed E-state index contributed by atoms with van der Waals surface area (Å²) in [5.74, 6) is 0.129. The van der Waals surface area contributed by atoms with Crippen molar-refractivity contribution in [1.82, 2.24) is 9.78 Å². The minimum Gasteiger partial charge on any atom is -0.292 e. The van der Waals surface area contributed by atoms with Gasteiger partial charge in [-0.2, -0.15) is 5.10 Å². The smallest absolute Gasteiger partial charge is 0.187 e. The molecule has 0 aliphatic carbocycles. The van der Waals surface area contributed by atoms with E-state index in [0.717, 1.165) is 34.5 Å². The van der Waals surface area contributed by atoms with Gasteiger partial charge in [0.05, 0.1) is 5.69 Å². The standard InChI is InChI=1S/C18H24N2O/c1-7-16-13(4)19-20(14(16)5)15(6)18(21)17-10-11(2)8-9-12(17)3/h8-10,15H,7H2,1-6H3. The molecule has 0 N–H and O–H groups in total. The zero-order chi connectivity index (χ0) is 15.7. The second-order valence-electron chi connectivity index (χ2n) is 5.81. The van der Waals surface area contributed by atoms with Gasteiger partial charge >= 0.3 is 0 Å². The van der Waals surface area contributed by atoms with Crippen molar-refractivity contribution in [2.75, 3.05) is 0 Å². The number of aromatic nitrogens is 2. The second kappa shape index (κ2) is 5.84. The van der Waals surface area contributed by atoms with Crippen LogP contribution in [0, 0.1) is 27.7 Å². The Morgan fingerprint density at radius 2 is 1.90 bits per heavy atom. The number of benzene rings is 1. The lowest BCUT2D eigenvalue weighted by Crippen LogP contribution is -2.20. The van der Waals surface area contributed by atoms with E-state index in [1.54, 1.807) is 0 Å². The molecule has 3 heteroatoms. The van der Waals surface area contributed by atoms with Gasteiger partial charge in [-0.25, -0.2) is 0 Å². The number of rotatable bonds is 4. The highest BCUT2D eigenvalue weighted by molar-refractivity contribution is 6.00. The van der Waals surface area contributed by atoms with E-state index < -0.39 is 0 Å². The Hall–Kier alpha value is -1.90. The molecule has 0 radical (unpaired) electrons. The lowest BCUT2D eigenvalue weighted by Gasteiger charge is -2.15. The Balaban J connectivity index is 2.42. The number of hydrogen-bond acceptors (Lipinski definition) is 2. The molecule has 0 amide bonds. The summed E-state index contributed by atoms with van der Waals surface area (Å²) in [7, 11) is 0. The maximum absolute atomic E-state index is 12.8. The normalized spacial score (nSPS) is 12.5. The third kappa shape index (κ3) is 2.78. The monoisotopic (exact) mass is 284 g/mol. The van der Waals surface area contributed by atoms with Crippen LogP contribution < -0.4 is 0 Å². The van der Waals surface area contributed by atoms with Gasteiger partial charge in [-0.15, -0.1) is 0 Å². The number of Topliss-reactive ketones (excluding diaryl/α,β-unsaturated/α-hetero) is 1. The average molecular weight is 284 g/mol. The molecule has 0 saturated heterocycles. The molecule has 3 nitrogen and oxygen atoms in total. The van der Waals surface area contributed by atoms with Crippen LogP contribution in [0.1, 0.15) is 58.3 Å². The van der Waals surface area contributed by atoms with Crippen molar-refractivity contribution in [1.29, 1.82) is 0 Å². The fourth-order valence-corrected chi connectivity index (χ4v) is 2.92. The predicted octanol–water partition coefficient (Wildman–Crippen LogP) is 4.12. The fraction of sp³-hybridized carbons (Fsp3) is 0.444. The van der Waals surface area contributed by atoms with Crippen LogP contribution in [0.4, 0.5) is 0 Å². The lowest BCUT2D eigenvalue weighted by molar-refractivity contribution is 0.0926. The highest BCUT2D eigenvalue weighted by Crippen LogP contribution is 2.22. The van der Waals surface area contributed by atoms with Crippen LogP contribution in [0.2, 0.25) is 0 Å². The molecule has 1 aromatic carbocycles. The first-order valence-corrected chi connectivity index (χ1v) is 7.52. The van der Waals surface area contributed by atoms with Crippen LogP contribution in [-0.4, -0.2) is 15.6 Å². The third-order valence-electron chi connectivity index (χ3n) is 4.23. The van der Waals surface area contributed by atoms with Gasteiger partial charge in [-0.1, -0.05) is 24.6 Å². The number of aryl methyl sites for hydroxylation is 3. The molecule has 0 bridgehead atoms. The van der Waals surface area contributed by atoms with Gasteiger partial charge in [-0.05, 0) is 58.2 Å². The number of ketones is 1. The number of carbonyl (C=O) groups is 1. The van der Waals surface area contributed by atoms with E-state index in [4.69, 9.17) is 0 Å². The summed E-state index contributed by atoms with van der Waals surface area (Å²) in [6.07, 6.45) is 0.946. The largest absolute Gasteiger partial charge is 0.292 e. The molecule has 1 heterocycles. The van der Waals surface area contributed by atoms with E-state index in [0.29, 0.717) is 0 Å². The predicted molar refractivity (Wildman–Crippen MR) is 86.0 cm³/mol. The first-order valence-electron chi connectivity index (χ1n) is 7.52. The van der Waals surface area contributed by atoms with Crippen LogP contribution >= 0.6 is 0 Å². The summed E-state index contributed by atoms with van der Waals surface area (Å²) < 4.78 is 1.87. The molecule has 0 spiro atoms. The van der Waals surface area contributed by atoms with Gasteiger partial charge in [0.15, 0.2) is 5.78 Å². The molecule has 2 aromatic rings. The molecule has 0 aliphatic rings. The summed E-state index contributed by atoms with van der Waals surface area (Å²) in [5.41, 5.74) is 6.30. The van der Waals surface area contributed by atoms with E-state index in [9.17, 15) is 4.79 Å². The summed E-state index contributed by atoms with van der Waals surface area (Å²) >= 11 is 0. The van der Waals surface area contributed by atoms with Crippen molar-refractivity contribution in [3.05, 3.63) is 51.8 Å². The quantitative estimate of drug-likeness (QED) is 0.791. The summed E-state index contributed by atoms with van der Waals surface area (Å²) in [5, 5.41) is 4.58. The molecule has 1 unspecified atom stereocenters. The number of carbonyl (C=O) groups excluding carboxylic acids is 1. The maximum atomic E-state index is 12.8. The maximum Gasteiger partial charge on any atom is 0.187 e. The Labute approximate surface area is 127 Å². The van der Waals surface area contributed by atoms with Crippen molar-refractivity contribution in [3.63, 3.8) is 0 Å². The van der Waals surface area contributed by atoms with E-state index in [1.165, 1.54) is 5.56 Å². The van der Waals surface area contributed by atoms with Gasteiger partial charge in [0, 0.05) is 11.3 Å².